The molecule has 0 aliphatic heterocycles. The maximum absolute atomic E-state index is 12.1. The van der Waals surface area contributed by atoms with Gasteiger partial charge in [0.1, 0.15) is 0 Å². The summed E-state index contributed by atoms with van der Waals surface area (Å²) in [5.41, 5.74) is 1.56. The van der Waals surface area contributed by atoms with E-state index in [2.05, 4.69) is 10.3 Å². The van der Waals surface area contributed by atoms with E-state index in [0.29, 0.717) is 5.69 Å². The molecule has 0 bridgehead atoms. The summed E-state index contributed by atoms with van der Waals surface area (Å²) >= 11 is 1.42. The summed E-state index contributed by atoms with van der Waals surface area (Å²) in [6.45, 7) is 0. The van der Waals surface area contributed by atoms with Crippen LogP contribution in [-0.2, 0) is 4.79 Å². The van der Waals surface area contributed by atoms with Gasteiger partial charge >= 0.3 is 12.1 Å². The van der Waals surface area contributed by atoms with Crippen LogP contribution in [-0.4, -0.2) is 24.1 Å². The van der Waals surface area contributed by atoms with Gasteiger partial charge in [-0.1, -0.05) is 12.1 Å². The van der Waals surface area contributed by atoms with Crippen molar-refractivity contribution in [2.75, 3.05) is 17.7 Å². The highest BCUT2D eigenvalue weighted by Crippen LogP contribution is 2.26. The Morgan fingerprint density at radius 2 is 1.90 bits per heavy atom. The third-order valence-electron chi connectivity index (χ3n) is 2.41. The van der Waals surface area contributed by atoms with Crippen molar-refractivity contribution in [3.63, 3.8) is 0 Å². The fraction of sp³-hybridized carbons (Fsp3) is 0.167. The van der Waals surface area contributed by atoms with E-state index in [1.54, 1.807) is 24.5 Å². The summed E-state index contributed by atoms with van der Waals surface area (Å²) in [4.78, 5) is 15.0. The SMILES string of the molecule is CNc1nc(-c2ccc(NC(=O)C(F)(F)F)cc2)cs1. The highest BCUT2D eigenvalue weighted by atomic mass is 32.1. The van der Waals surface area contributed by atoms with E-state index in [-0.39, 0.29) is 5.69 Å². The molecule has 20 heavy (non-hydrogen) atoms. The van der Waals surface area contributed by atoms with Crippen molar-refractivity contribution in [1.82, 2.24) is 4.98 Å². The molecular weight excluding hydrogens is 291 g/mol. The molecule has 0 unspecified atom stereocenters. The van der Waals surface area contributed by atoms with Gasteiger partial charge < -0.3 is 10.6 Å². The quantitative estimate of drug-likeness (QED) is 0.914. The number of carbonyl (C=O) groups is 1. The molecule has 1 amide bonds. The van der Waals surface area contributed by atoms with E-state index in [1.807, 2.05) is 5.38 Å². The van der Waals surface area contributed by atoms with E-state index in [0.717, 1.165) is 10.7 Å². The number of benzene rings is 1. The highest BCUT2D eigenvalue weighted by molar-refractivity contribution is 7.14. The maximum Gasteiger partial charge on any atom is 0.471 e. The average Bonchev–Trinajstić information content (AvgIpc) is 2.87. The van der Waals surface area contributed by atoms with Crippen LogP contribution in [0, 0.1) is 0 Å². The fourth-order valence-electron chi connectivity index (χ4n) is 1.45. The topological polar surface area (TPSA) is 54.0 Å². The molecule has 0 aliphatic rings. The molecule has 2 aromatic rings. The molecule has 0 saturated heterocycles. The Morgan fingerprint density at radius 3 is 2.40 bits per heavy atom. The molecule has 4 nitrogen and oxygen atoms in total. The van der Waals surface area contributed by atoms with Gasteiger partial charge in [0.2, 0.25) is 0 Å². The van der Waals surface area contributed by atoms with Crippen LogP contribution in [0.15, 0.2) is 29.6 Å². The van der Waals surface area contributed by atoms with Gasteiger partial charge in [-0.25, -0.2) is 4.98 Å². The summed E-state index contributed by atoms with van der Waals surface area (Å²) in [6.07, 6.45) is -4.89. The van der Waals surface area contributed by atoms with Crippen LogP contribution < -0.4 is 10.6 Å². The van der Waals surface area contributed by atoms with Crippen molar-refractivity contribution in [1.29, 1.82) is 0 Å². The normalized spacial score (nSPS) is 11.2. The third kappa shape index (κ3) is 3.27. The summed E-state index contributed by atoms with van der Waals surface area (Å²) in [6, 6.07) is 6.00. The second-order valence-corrected chi connectivity index (χ2v) is 4.68. The van der Waals surface area contributed by atoms with Crippen LogP contribution in [0.3, 0.4) is 0 Å². The molecule has 1 aromatic heterocycles. The molecule has 0 saturated carbocycles. The van der Waals surface area contributed by atoms with E-state index in [9.17, 15) is 18.0 Å². The molecule has 2 N–H and O–H groups in total. The predicted molar refractivity (Wildman–Crippen MR) is 71.8 cm³/mol. The van der Waals surface area contributed by atoms with Crippen molar-refractivity contribution in [3.8, 4) is 11.3 Å². The van der Waals surface area contributed by atoms with Gasteiger partial charge in [0, 0.05) is 23.7 Å². The minimum absolute atomic E-state index is 0.0835. The maximum atomic E-state index is 12.1. The number of nitrogens with one attached hydrogen (secondary N) is 2. The van der Waals surface area contributed by atoms with E-state index < -0.39 is 12.1 Å². The Balaban J connectivity index is 2.12. The summed E-state index contributed by atoms with van der Waals surface area (Å²) < 4.78 is 36.3. The van der Waals surface area contributed by atoms with Crippen molar-refractivity contribution in [2.24, 2.45) is 0 Å². The molecule has 1 heterocycles. The molecule has 8 heteroatoms. The Bertz CT molecular complexity index is 607. The number of halogens is 3. The van der Waals surface area contributed by atoms with Crippen LogP contribution in [0.25, 0.3) is 11.3 Å². The Hall–Kier alpha value is -2.09. The summed E-state index contributed by atoms with van der Waals surface area (Å²) in [7, 11) is 1.75. The second kappa shape index (κ2) is 5.49. The Kier molecular flexibility index (Phi) is 3.93. The molecule has 0 atom stereocenters. The number of anilines is 2. The van der Waals surface area contributed by atoms with Crippen LogP contribution in [0.5, 0.6) is 0 Å². The van der Waals surface area contributed by atoms with Gasteiger partial charge in [-0.15, -0.1) is 11.3 Å². The number of carbonyl (C=O) groups excluding carboxylic acids is 1. The predicted octanol–water partition coefficient (Wildman–Crippen LogP) is 3.35. The van der Waals surface area contributed by atoms with Gasteiger partial charge in [-0.3, -0.25) is 4.79 Å². The number of nitrogens with zero attached hydrogens (tertiary/aromatic N) is 1. The average molecular weight is 301 g/mol. The lowest BCUT2D eigenvalue weighted by molar-refractivity contribution is -0.167. The molecule has 1 aromatic carbocycles. The van der Waals surface area contributed by atoms with Crippen LogP contribution >= 0.6 is 11.3 Å². The lowest BCUT2D eigenvalue weighted by atomic mass is 10.1. The van der Waals surface area contributed by atoms with Gasteiger partial charge in [0.15, 0.2) is 5.13 Å². The number of alkyl halides is 3. The zero-order valence-electron chi connectivity index (χ0n) is 10.3. The van der Waals surface area contributed by atoms with Crippen molar-refractivity contribution in [3.05, 3.63) is 29.6 Å². The van der Waals surface area contributed by atoms with E-state index >= 15 is 0 Å². The van der Waals surface area contributed by atoms with Gasteiger partial charge in [-0.05, 0) is 12.1 Å². The minimum Gasteiger partial charge on any atom is -0.365 e. The largest absolute Gasteiger partial charge is 0.471 e. The first-order chi connectivity index (χ1) is 9.40. The number of thiazole rings is 1. The van der Waals surface area contributed by atoms with Gasteiger partial charge in [0.05, 0.1) is 5.69 Å². The molecule has 2 rings (SSSR count). The number of hydrogen-bond donors (Lipinski definition) is 2. The first kappa shape index (κ1) is 14.3. The Morgan fingerprint density at radius 1 is 1.25 bits per heavy atom. The fourth-order valence-corrected chi connectivity index (χ4v) is 2.13. The summed E-state index contributed by atoms with van der Waals surface area (Å²) in [5, 5.41) is 7.25. The highest BCUT2D eigenvalue weighted by Gasteiger charge is 2.38. The standard InChI is InChI=1S/C12H10F3N3OS/c1-16-11-18-9(6-20-11)7-2-4-8(5-3-7)17-10(19)12(13,14)15/h2-6H,1H3,(H,16,18)(H,17,19). The van der Waals surface area contributed by atoms with E-state index in [1.165, 1.54) is 23.5 Å². The number of amides is 1. The zero-order valence-corrected chi connectivity index (χ0v) is 11.1. The number of hydrogen-bond acceptors (Lipinski definition) is 4. The molecule has 0 aliphatic carbocycles. The van der Waals surface area contributed by atoms with Gasteiger partial charge in [-0.2, -0.15) is 13.2 Å². The van der Waals surface area contributed by atoms with Crippen LogP contribution in [0.1, 0.15) is 0 Å². The van der Waals surface area contributed by atoms with Crippen molar-refractivity contribution < 1.29 is 18.0 Å². The molecule has 106 valence electrons. The third-order valence-corrected chi connectivity index (χ3v) is 3.27. The van der Waals surface area contributed by atoms with Crippen molar-refractivity contribution in [2.45, 2.75) is 6.18 Å². The molecule has 0 spiro atoms. The smallest absolute Gasteiger partial charge is 0.365 e. The van der Waals surface area contributed by atoms with Crippen LogP contribution in [0.2, 0.25) is 0 Å². The second-order valence-electron chi connectivity index (χ2n) is 3.82. The van der Waals surface area contributed by atoms with Crippen LogP contribution in [0.4, 0.5) is 24.0 Å². The Labute approximate surface area is 116 Å². The minimum atomic E-state index is -4.89. The van der Waals surface area contributed by atoms with Crippen molar-refractivity contribution >= 4 is 28.1 Å². The van der Waals surface area contributed by atoms with Gasteiger partial charge in [0.25, 0.3) is 0 Å². The zero-order chi connectivity index (χ0) is 14.8. The lowest BCUT2D eigenvalue weighted by Gasteiger charge is -2.08. The molecular formula is C12H10F3N3OS. The lowest BCUT2D eigenvalue weighted by Crippen LogP contribution is -2.29. The summed E-state index contributed by atoms with van der Waals surface area (Å²) in [5.74, 6) is -1.99. The number of rotatable bonds is 3. The number of aromatic nitrogens is 1. The molecule has 0 radical (unpaired) electrons. The first-order valence-corrected chi connectivity index (χ1v) is 6.40. The van der Waals surface area contributed by atoms with E-state index in [4.69, 9.17) is 0 Å². The monoisotopic (exact) mass is 301 g/mol. The first-order valence-electron chi connectivity index (χ1n) is 5.52. The molecule has 0 fully saturated rings.